The molecule has 4 aromatic rings. The summed E-state index contributed by atoms with van der Waals surface area (Å²) < 4.78 is 77.5. The van der Waals surface area contributed by atoms with Crippen LogP contribution in [0.3, 0.4) is 0 Å². The molecule has 36 heavy (non-hydrogen) atoms. The van der Waals surface area contributed by atoms with Crippen molar-refractivity contribution in [3.8, 4) is 5.75 Å². The molecule has 4 rings (SSSR count). The first-order chi connectivity index (χ1) is 17.0. The summed E-state index contributed by atoms with van der Waals surface area (Å²) in [5, 5.41) is 0.641. The maximum Gasteiger partial charge on any atom is 0.406 e. The largest absolute Gasteiger partial charge is 0.488 e. The predicted octanol–water partition coefficient (Wildman–Crippen LogP) is 6.05. The van der Waals surface area contributed by atoms with Crippen LogP contribution < -0.4 is 9.46 Å². The zero-order valence-corrected chi connectivity index (χ0v) is 21.0. The fourth-order valence-electron chi connectivity index (χ4n) is 4.46. The lowest BCUT2D eigenvalue weighted by Gasteiger charge is -2.24. The number of aryl methyl sites for hydroxylation is 3. The highest BCUT2D eigenvalue weighted by atomic mass is 32.2. The molecule has 0 amide bonds. The van der Waals surface area contributed by atoms with Gasteiger partial charge in [-0.25, -0.2) is 8.42 Å². The quantitative estimate of drug-likeness (QED) is 0.310. The standard InChI is InChI=1S/C27H27F3N2O3S/c1-18-14-19(2)26(20(3)15-18)36(33,34)31-25(27(28,29)30)16-32-13-12-22-23(32)10-7-11-24(22)35-17-21-8-5-4-6-9-21/h4-15,25,31H,16-17H2,1-3H3. The third kappa shape index (κ3) is 5.57. The van der Waals surface area contributed by atoms with Crippen molar-refractivity contribution < 1.29 is 26.3 Å². The molecule has 0 bridgehead atoms. The van der Waals surface area contributed by atoms with E-state index in [1.807, 2.05) is 35.1 Å². The molecular formula is C27H27F3N2O3S. The number of alkyl halides is 3. The van der Waals surface area contributed by atoms with Crippen LogP contribution in [0.5, 0.6) is 5.75 Å². The zero-order chi connectivity index (χ0) is 26.1. The Morgan fingerprint density at radius 2 is 1.61 bits per heavy atom. The van der Waals surface area contributed by atoms with E-state index in [2.05, 4.69) is 0 Å². The van der Waals surface area contributed by atoms with Crippen molar-refractivity contribution in [3.63, 3.8) is 0 Å². The number of halogens is 3. The topological polar surface area (TPSA) is 60.3 Å². The summed E-state index contributed by atoms with van der Waals surface area (Å²) in [4.78, 5) is -0.128. The fraction of sp³-hybridized carbons (Fsp3) is 0.259. The lowest BCUT2D eigenvalue weighted by molar-refractivity contribution is -0.154. The summed E-state index contributed by atoms with van der Waals surface area (Å²) in [6.07, 6.45) is -3.30. The lowest BCUT2D eigenvalue weighted by Crippen LogP contribution is -2.48. The molecule has 0 saturated heterocycles. The molecule has 1 N–H and O–H groups in total. The van der Waals surface area contributed by atoms with E-state index in [0.717, 1.165) is 11.1 Å². The molecule has 1 aromatic heterocycles. The minimum atomic E-state index is -4.81. The summed E-state index contributed by atoms with van der Waals surface area (Å²) in [5.74, 6) is 0.533. The van der Waals surface area contributed by atoms with Gasteiger partial charge in [0.1, 0.15) is 18.4 Å². The molecule has 1 unspecified atom stereocenters. The van der Waals surface area contributed by atoms with Gasteiger partial charge < -0.3 is 9.30 Å². The van der Waals surface area contributed by atoms with Crippen LogP contribution in [0.25, 0.3) is 10.9 Å². The maximum atomic E-state index is 14.0. The van der Waals surface area contributed by atoms with Crippen LogP contribution >= 0.6 is 0 Å². The number of rotatable bonds is 8. The Labute approximate surface area is 208 Å². The average Bonchev–Trinajstić information content (AvgIpc) is 3.20. The molecule has 1 atom stereocenters. The van der Waals surface area contributed by atoms with E-state index < -0.39 is 28.8 Å². The van der Waals surface area contributed by atoms with Gasteiger partial charge in [0.25, 0.3) is 0 Å². The van der Waals surface area contributed by atoms with Crippen LogP contribution in [-0.4, -0.2) is 25.2 Å². The summed E-state index contributed by atoms with van der Waals surface area (Å²) >= 11 is 0. The van der Waals surface area contributed by atoms with Crippen molar-refractivity contribution in [2.75, 3.05) is 0 Å². The summed E-state index contributed by atoms with van der Waals surface area (Å²) in [5.41, 5.74) is 3.10. The van der Waals surface area contributed by atoms with Gasteiger partial charge in [0, 0.05) is 18.1 Å². The maximum absolute atomic E-state index is 14.0. The predicted molar refractivity (Wildman–Crippen MR) is 134 cm³/mol. The number of nitrogens with zero attached hydrogens (tertiary/aromatic N) is 1. The van der Waals surface area contributed by atoms with Crippen molar-refractivity contribution in [1.29, 1.82) is 0 Å². The Morgan fingerprint density at radius 1 is 0.944 bits per heavy atom. The molecule has 3 aromatic carbocycles. The smallest absolute Gasteiger partial charge is 0.406 e. The third-order valence-electron chi connectivity index (χ3n) is 5.96. The average molecular weight is 517 g/mol. The van der Waals surface area contributed by atoms with Gasteiger partial charge in [-0.05, 0) is 55.7 Å². The van der Waals surface area contributed by atoms with E-state index in [1.165, 1.54) is 10.8 Å². The molecule has 5 nitrogen and oxygen atoms in total. The molecule has 0 saturated carbocycles. The molecule has 0 radical (unpaired) electrons. The molecule has 0 fully saturated rings. The van der Waals surface area contributed by atoms with E-state index in [-0.39, 0.29) is 4.90 Å². The number of benzene rings is 3. The van der Waals surface area contributed by atoms with E-state index in [9.17, 15) is 21.6 Å². The highest BCUT2D eigenvalue weighted by Crippen LogP contribution is 2.31. The van der Waals surface area contributed by atoms with Gasteiger partial charge in [-0.2, -0.15) is 17.9 Å². The second kappa shape index (κ2) is 9.99. The zero-order valence-electron chi connectivity index (χ0n) is 20.1. The minimum Gasteiger partial charge on any atom is -0.488 e. The van der Waals surface area contributed by atoms with Crippen LogP contribution in [0.4, 0.5) is 13.2 Å². The second-order valence-electron chi connectivity index (χ2n) is 8.87. The molecule has 1 heterocycles. The first kappa shape index (κ1) is 25.8. The van der Waals surface area contributed by atoms with Crippen molar-refractivity contribution >= 4 is 20.9 Å². The number of hydrogen-bond donors (Lipinski definition) is 1. The molecule has 0 aliphatic rings. The van der Waals surface area contributed by atoms with Gasteiger partial charge in [-0.1, -0.05) is 54.1 Å². The second-order valence-corrected chi connectivity index (χ2v) is 10.5. The van der Waals surface area contributed by atoms with Crippen molar-refractivity contribution in [2.45, 2.75) is 51.0 Å². The number of hydrogen-bond acceptors (Lipinski definition) is 3. The molecule has 190 valence electrons. The number of fused-ring (bicyclic) bond motifs is 1. The molecule has 0 spiro atoms. The summed E-state index contributed by atoms with van der Waals surface area (Å²) in [6.45, 7) is 4.64. The minimum absolute atomic E-state index is 0.128. The van der Waals surface area contributed by atoms with Crippen molar-refractivity contribution in [2.24, 2.45) is 0 Å². The Bertz CT molecular complexity index is 1460. The first-order valence-electron chi connectivity index (χ1n) is 11.4. The SMILES string of the molecule is Cc1cc(C)c(S(=O)(=O)NC(Cn2ccc3c(OCc4ccccc4)cccc32)C(F)(F)F)c(C)c1. The number of ether oxygens (including phenoxy) is 1. The van der Waals surface area contributed by atoms with Gasteiger partial charge >= 0.3 is 6.18 Å². The first-order valence-corrected chi connectivity index (χ1v) is 12.9. The third-order valence-corrected chi connectivity index (χ3v) is 7.73. The van der Waals surface area contributed by atoms with E-state index in [0.29, 0.717) is 34.4 Å². The Morgan fingerprint density at radius 3 is 2.25 bits per heavy atom. The van der Waals surface area contributed by atoms with E-state index in [1.54, 1.807) is 57.2 Å². The summed E-state index contributed by atoms with van der Waals surface area (Å²) in [6, 6.07) is 17.3. The highest BCUT2D eigenvalue weighted by Gasteiger charge is 2.43. The Balaban J connectivity index is 1.62. The lowest BCUT2D eigenvalue weighted by atomic mass is 10.1. The van der Waals surface area contributed by atoms with Crippen LogP contribution in [0.2, 0.25) is 0 Å². The normalized spacial score (nSPS) is 13.2. The molecular weight excluding hydrogens is 489 g/mol. The monoisotopic (exact) mass is 516 g/mol. The number of sulfonamides is 1. The Kier molecular flexibility index (Phi) is 7.15. The Hall–Kier alpha value is -3.30. The highest BCUT2D eigenvalue weighted by molar-refractivity contribution is 7.89. The van der Waals surface area contributed by atoms with Crippen molar-refractivity contribution in [1.82, 2.24) is 9.29 Å². The van der Waals surface area contributed by atoms with Crippen LogP contribution in [0.15, 0.2) is 77.8 Å². The summed E-state index contributed by atoms with van der Waals surface area (Å²) in [7, 11) is -4.43. The van der Waals surface area contributed by atoms with Crippen LogP contribution in [-0.2, 0) is 23.2 Å². The van der Waals surface area contributed by atoms with Crippen LogP contribution in [0, 0.1) is 20.8 Å². The molecule has 0 aliphatic carbocycles. The van der Waals surface area contributed by atoms with Gasteiger partial charge in [-0.15, -0.1) is 0 Å². The van der Waals surface area contributed by atoms with Gasteiger partial charge in [0.2, 0.25) is 10.0 Å². The van der Waals surface area contributed by atoms with Crippen LogP contribution in [0.1, 0.15) is 22.3 Å². The van der Waals surface area contributed by atoms with E-state index >= 15 is 0 Å². The van der Waals surface area contributed by atoms with Gasteiger partial charge in [0.05, 0.1) is 10.4 Å². The molecule has 9 heteroatoms. The number of aromatic nitrogens is 1. The fourth-order valence-corrected chi connectivity index (χ4v) is 6.12. The van der Waals surface area contributed by atoms with Gasteiger partial charge in [-0.3, -0.25) is 0 Å². The van der Waals surface area contributed by atoms with Crippen molar-refractivity contribution in [3.05, 3.63) is 95.2 Å². The molecule has 0 aliphatic heterocycles. The number of nitrogens with one attached hydrogen (secondary N) is 1. The van der Waals surface area contributed by atoms with E-state index in [4.69, 9.17) is 4.74 Å². The van der Waals surface area contributed by atoms with Gasteiger partial charge in [0.15, 0.2) is 0 Å².